The molecule has 0 fully saturated rings. The van der Waals surface area contributed by atoms with Gasteiger partial charge in [0.05, 0.1) is 4.88 Å². The molecule has 0 unspecified atom stereocenters. The molecule has 7 heteroatoms. The van der Waals surface area contributed by atoms with Crippen molar-refractivity contribution in [2.45, 2.75) is 13.5 Å². The number of hydrogen-bond donors (Lipinski definition) is 3. The Morgan fingerprint density at radius 2 is 1.95 bits per heavy atom. The number of carbonyl (C=O) groups is 2. The molecule has 4 N–H and O–H groups in total. The van der Waals surface area contributed by atoms with Crippen molar-refractivity contribution < 1.29 is 14.3 Å². The van der Waals surface area contributed by atoms with Crippen LogP contribution in [0.15, 0.2) is 35.7 Å². The predicted molar refractivity (Wildman–Crippen MR) is 81.1 cm³/mol. The maximum atomic E-state index is 11.5. The molecule has 2 amide bonds. The number of amides is 2. The van der Waals surface area contributed by atoms with Gasteiger partial charge in [-0.15, -0.1) is 11.3 Å². The Balaban J connectivity index is 1.98. The van der Waals surface area contributed by atoms with Crippen LogP contribution in [0, 0.1) is 0 Å². The highest BCUT2D eigenvalue weighted by molar-refractivity contribution is 7.12. The fraction of sp³-hybridized carbons (Fsp3) is 0.143. The van der Waals surface area contributed by atoms with Gasteiger partial charge in [-0.2, -0.15) is 0 Å². The average molecular weight is 305 g/mol. The molecule has 0 aliphatic rings. The molecule has 2 rings (SSSR count). The minimum absolute atomic E-state index is 0.126. The second kappa shape index (κ2) is 6.87. The maximum Gasteiger partial charge on any atom is 0.275 e. The zero-order valence-electron chi connectivity index (χ0n) is 11.4. The maximum absolute atomic E-state index is 11.5. The number of hydrogen-bond acceptors (Lipinski definition) is 5. The largest absolute Gasteiger partial charge is 0.489 e. The summed E-state index contributed by atoms with van der Waals surface area (Å²) in [6.45, 7) is 1.72. The number of carbonyl (C=O) groups excluding carboxylic acids is 2. The van der Waals surface area contributed by atoms with Crippen molar-refractivity contribution in [3.63, 3.8) is 0 Å². The molecule has 0 bridgehead atoms. The molecule has 0 saturated heterocycles. The van der Waals surface area contributed by atoms with Crippen LogP contribution in [0.25, 0.3) is 0 Å². The fourth-order valence-corrected chi connectivity index (χ4v) is 2.53. The molecule has 0 aliphatic carbocycles. The van der Waals surface area contributed by atoms with Gasteiger partial charge in [-0.1, -0.05) is 0 Å². The van der Waals surface area contributed by atoms with E-state index >= 15 is 0 Å². The van der Waals surface area contributed by atoms with Crippen molar-refractivity contribution in [2.75, 3.05) is 5.32 Å². The summed E-state index contributed by atoms with van der Waals surface area (Å²) in [5, 5.41) is 4.48. The first kappa shape index (κ1) is 15.0. The van der Waals surface area contributed by atoms with Gasteiger partial charge in [0, 0.05) is 18.2 Å². The lowest BCUT2D eigenvalue weighted by molar-refractivity contribution is -0.114. The molecule has 1 aromatic carbocycles. The normalized spacial score (nSPS) is 10.0. The van der Waals surface area contributed by atoms with Crippen LogP contribution >= 0.6 is 11.3 Å². The molecule has 21 heavy (non-hydrogen) atoms. The van der Waals surface area contributed by atoms with E-state index in [0.717, 1.165) is 5.56 Å². The van der Waals surface area contributed by atoms with E-state index in [2.05, 4.69) is 10.7 Å². The van der Waals surface area contributed by atoms with E-state index in [9.17, 15) is 9.59 Å². The smallest absolute Gasteiger partial charge is 0.275 e. The van der Waals surface area contributed by atoms with Crippen LogP contribution in [0.4, 0.5) is 5.69 Å². The van der Waals surface area contributed by atoms with Gasteiger partial charge in [-0.05, 0) is 35.7 Å². The molecule has 6 nitrogen and oxygen atoms in total. The number of ether oxygens (including phenoxy) is 1. The Bertz CT molecular complexity index is 637. The molecule has 0 spiro atoms. The summed E-state index contributed by atoms with van der Waals surface area (Å²) >= 11 is 1.31. The number of nitrogens with two attached hydrogens (primary N) is 1. The molecule has 0 saturated carbocycles. The molecule has 110 valence electrons. The third-order valence-electron chi connectivity index (χ3n) is 2.65. The highest BCUT2D eigenvalue weighted by atomic mass is 32.1. The van der Waals surface area contributed by atoms with Crippen molar-refractivity contribution in [1.82, 2.24) is 5.43 Å². The summed E-state index contributed by atoms with van der Waals surface area (Å²) in [6, 6.07) is 8.82. The van der Waals surface area contributed by atoms with Crippen molar-refractivity contribution in [3.05, 3.63) is 46.2 Å². The molecular formula is C14H15N3O3S. The first-order valence-corrected chi connectivity index (χ1v) is 7.06. The fourth-order valence-electron chi connectivity index (χ4n) is 1.71. The number of rotatable bonds is 5. The molecule has 1 heterocycles. The number of thiophene rings is 1. The van der Waals surface area contributed by atoms with Gasteiger partial charge in [0.25, 0.3) is 5.91 Å². The second-order valence-electron chi connectivity index (χ2n) is 4.24. The van der Waals surface area contributed by atoms with Crippen LogP contribution in [0.3, 0.4) is 0 Å². The van der Waals surface area contributed by atoms with Gasteiger partial charge < -0.3 is 10.1 Å². The van der Waals surface area contributed by atoms with E-state index in [-0.39, 0.29) is 18.4 Å². The Kier molecular flexibility index (Phi) is 4.91. The van der Waals surface area contributed by atoms with Crippen molar-refractivity contribution in [3.8, 4) is 5.75 Å². The number of nitrogens with one attached hydrogen (secondary N) is 2. The topological polar surface area (TPSA) is 93.4 Å². The third kappa shape index (κ3) is 4.04. The summed E-state index contributed by atoms with van der Waals surface area (Å²) in [5.74, 6) is 5.32. The van der Waals surface area contributed by atoms with E-state index in [1.165, 1.54) is 18.3 Å². The van der Waals surface area contributed by atoms with E-state index in [4.69, 9.17) is 10.6 Å². The predicted octanol–water partition coefficient (Wildman–Crippen LogP) is 1.89. The van der Waals surface area contributed by atoms with E-state index in [1.807, 2.05) is 11.4 Å². The van der Waals surface area contributed by atoms with Crippen molar-refractivity contribution in [2.24, 2.45) is 5.84 Å². The zero-order valence-corrected chi connectivity index (χ0v) is 12.2. The highest BCUT2D eigenvalue weighted by Gasteiger charge is 2.12. The summed E-state index contributed by atoms with van der Waals surface area (Å²) in [7, 11) is 0. The lowest BCUT2D eigenvalue weighted by Gasteiger charge is -2.08. The van der Waals surface area contributed by atoms with Gasteiger partial charge in [-0.25, -0.2) is 5.84 Å². The number of nitrogen functional groups attached to an aromatic ring is 1. The zero-order chi connectivity index (χ0) is 15.2. The summed E-state index contributed by atoms with van der Waals surface area (Å²) in [5.41, 5.74) is 3.58. The van der Waals surface area contributed by atoms with Gasteiger partial charge in [0.15, 0.2) is 0 Å². The molecular weight excluding hydrogens is 290 g/mol. The lowest BCUT2D eigenvalue weighted by atomic mass is 10.2. The van der Waals surface area contributed by atoms with Crippen LogP contribution < -0.4 is 21.3 Å². The van der Waals surface area contributed by atoms with Gasteiger partial charge in [0.2, 0.25) is 5.91 Å². The Morgan fingerprint density at radius 3 is 2.57 bits per heavy atom. The highest BCUT2D eigenvalue weighted by Crippen LogP contribution is 2.21. The van der Waals surface area contributed by atoms with E-state index in [1.54, 1.807) is 24.3 Å². The van der Waals surface area contributed by atoms with Crippen LogP contribution in [0.2, 0.25) is 0 Å². The molecule has 1 aromatic heterocycles. The average Bonchev–Trinajstić information content (AvgIpc) is 2.93. The van der Waals surface area contributed by atoms with Gasteiger partial charge in [-0.3, -0.25) is 15.0 Å². The van der Waals surface area contributed by atoms with Crippen LogP contribution in [-0.2, 0) is 11.4 Å². The van der Waals surface area contributed by atoms with Crippen molar-refractivity contribution >= 4 is 28.8 Å². The number of anilines is 1. The minimum Gasteiger partial charge on any atom is -0.489 e. The molecule has 0 radical (unpaired) electrons. The van der Waals surface area contributed by atoms with Crippen molar-refractivity contribution in [1.29, 1.82) is 0 Å². The third-order valence-corrected chi connectivity index (χ3v) is 3.61. The summed E-state index contributed by atoms with van der Waals surface area (Å²) in [6.07, 6.45) is 0. The standard InChI is InChI=1S/C14H15N3O3S/c1-9(18)16-11-2-4-12(5-3-11)20-8-10-6-7-21-13(10)14(19)17-15/h2-7H,8,15H2,1H3,(H,16,18)(H,17,19). The summed E-state index contributed by atoms with van der Waals surface area (Å²) in [4.78, 5) is 23.0. The first-order chi connectivity index (χ1) is 10.1. The Morgan fingerprint density at radius 1 is 1.24 bits per heavy atom. The molecule has 0 atom stereocenters. The first-order valence-electron chi connectivity index (χ1n) is 6.18. The monoisotopic (exact) mass is 305 g/mol. The number of benzene rings is 1. The SMILES string of the molecule is CC(=O)Nc1ccc(OCc2ccsc2C(=O)NN)cc1. The molecule has 0 aliphatic heterocycles. The van der Waals surface area contributed by atoms with Crippen LogP contribution in [0.5, 0.6) is 5.75 Å². The van der Waals surface area contributed by atoms with E-state index < -0.39 is 0 Å². The Labute approximate surface area is 125 Å². The van der Waals surface area contributed by atoms with Gasteiger partial charge in [0.1, 0.15) is 12.4 Å². The minimum atomic E-state index is -0.329. The Hall–Kier alpha value is -2.38. The quantitative estimate of drug-likeness (QED) is 0.447. The van der Waals surface area contributed by atoms with Crippen LogP contribution in [0.1, 0.15) is 22.2 Å². The molecule has 2 aromatic rings. The van der Waals surface area contributed by atoms with Crippen LogP contribution in [-0.4, -0.2) is 11.8 Å². The van der Waals surface area contributed by atoms with Gasteiger partial charge >= 0.3 is 0 Å². The number of hydrazine groups is 1. The summed E-state index contributed by atoms with van der Waals surface area (Å²) < 4.78 is 5.62. The lowest BCUT2D eigenvalue weighted by Crippen LogP contribution is -2.30. The van der Waals surface area contributed by atoms with E-state index in [0.29, 0.717) is 16.3 Å². The second-order valence-corrected chi connectivity index (χ2v) is 5.16.